The smallest absolute Gasteiger partial charge is 0.396 e. The van der Waals surface area contributed by atoms with Crippen LogP contribution in [0, 0.1) is 6.92 Å². The van der Waals surface area contributed by atoms with Crippen LogP contribution >= 0.6 is 11.3 Å². The van der Waals surface area contributed by atoms with Gasteiger partial charge in [0.05, 0.1) is 15.3 Å². The van der Waals surface area contributed by atoms with Gasteiger partial charge in [-0.15, -0.1) is 0 Å². The Morgan fingerprint density at radius 3 is 2.34 bits per heavy atom. The molecule has 0 atom stereocenters. The molecule has 1 heterocycles. The van der Waals surface area contributed by atoms with E-state index in [0.717, 1.165) is 21.2 Å². The van der Waals surface area contributed by atoms with E-state index in [1.54, 1.807) is 42.5 Å². The number of sulfonamides is 1. The van der Waals surface area contributed by atoms with Crippen LogP contribution in [0.5, 0.6) is 0 Å². The van der Waals surface area contributed by atoms with E-state index in [0.29, 0.717) is 10.3 Å². The quantitative estimate of drug-likeness (QED) is 0.489. The third kappa shape index (κ3) is 3.59. The summed E-state index contributed by atoms with van der Waals surface area (Å²) in [5, 5.41) is 0. The minimum absolute atomic E-state index is 0.00661. The van der Waals surface area contributed by atoms with Crippen molar-refractivity contribution in [2.24, 2.45) is 0 Å². The number of amides is 1. The standard InChI is InChI=1S/C21H15NO5S2/c1-14-7-10-17(11-8-14)29(25,26)22(20(23)15-5-3-2-4-6-15)16-9-12-18-19(13-16)28-21(24)27-18/h2-13H,1H3. The molecule has 0 saturated heterocycles. The van der Waals surface area contributed by atoms with Crippen molar-refractivity contribution in [2.75, 3.05) is 4.31 Å². The molecule has 0 radical (unpaired) electrons. The Labute approximate surface area is 170 Å². The predicted octanol–water partition coefficient (Wildman–Crippen LogP) is 4.20. The van der Waals surface area contributed by atoms with Gasteiger partial charge < -0.3 is 4.42 Å². The zero-order chi connectivity index (χ0) is 20.6. The van der Waals surface area contributed by atoms with Gasteiger partial charge in [-0.1, -0.05) is 47.2 Å². The van der Waals surface area contributed by atoms with Gasteiger partial charge in [-0.3, -0.25) is 4.79 Å². The minimum atomic E-state index is -4.20. The number of anilines is 1. The van der Waals surface area contributed by atoms with Crippen LogP contribution in [-0.2, 0) is 10.0 Å². The van der Waals surface area contributed by atoms with E-state index >= 15 is 0 Å². The zero-order valence-corrected chi connectivity index (χ0v) is 16.9. The van der Waals surface area contributed by atoms with Crippen LogP contribution in [0.15, 0.2) is 86.9 Å². The molecule has 1 aromatic heterocycles. The number of hydrogen-bond acceptors (Lipinski definition) is 6. The third-order valence-corrected chi connectivity index (χ3v) is 6.83. The number of hydrogen-bond donors (Lipinski definition) is 0. The maximum Gasteiger partial charge on any atom is 0.396 e. The second-order valence-corrected chi connectivity index (χ2v) is 9.10. The second kappa shape index (κ2) is 7.31. The summed E-state index contributed by atoms with van der Waals surface area (Å²) in [5.41, 5.74) is 1.59. The van der Waals surface area contributed by atoms with Gasteiger partial charge in [-0.05, 0) is 49.4 Å². The van der Waals surface area contributed by atoms with Crippen LogP contribution in [0.1, 0.15) is 15.9 Å². The van der Waals surface area contributed by atoms with Crippen molar-refractivity contribution >= 4 is 43.2 Å². The molecule has 4 rings (SSSR count). The maximum absolute atomic E-state index is 13.4. The first-order valence-electron chi connectivity index (χ1n) is 8.61. The van der Waals surface area contributed by atoms with Crippen LogP contribution < -0.4 is 9.24 Å². The Hall–Kier alpha value is -3.23. The molecule has 0 fully saturated rings. The highest BCUT2D eigenvalue weighted by Gasteiger charge is 2.32. The van der Waals surface area contributed by atoms with Crippen molar-refractivity contribution in [3.63, 3.8) is 0 Å². The molecule has 0 bridgehead atoms. The summed E-state index contributed by atoms with van der Waals surface area (Å²) in [6, 6.07) is 18.8. The van der Waals surface area contributed by atoms with E-state index in [1.807, 2.05) is 6.92 Å². The lowest BCUT2D eigenvalue weighted by Gasteiger charge is -2.23. The molecule has 3 aromatic carbocycles. The molecule has 0 N–H and O–H groups in total. The van der Waals surface area contributed by atoms with Gasteiger partial charge in [0.2, 0.25) is 0 Å². The number of nitrogens with zero attached hydrogens (tertiary/aromatic N) is 1. The molecule has 4 aromatic rings. The normalized spacial score (nSPS) is 11.5. The van der Waals surface area contributed by atoms with Gasteiger partial charge in [-0.25, -0.2) is 13.2 Å². The fourth-order valence-corrected chi connectivity index (χ4v) is 4.97. The van der Waals surface area contributed by atoms with Gasteiger partial charge in [0.1, 0.15) is 5.58 Å². The van der Waals surface area contributed by atoms with E-state index in [1.165, 1.54) is 30.3 Å². The lowest BCUT2D eigenvalue weighted by atomic mass is 10.2. The van der Waals surface area contributed by atoms with Crippen molar-refractivity contribution in [2.45, 2.75) is 11.8 Å². The average Bonchev–Trinajstić information content (AvgIpc) is 3.08. The molecule has 146 valence electrons. The number of benzene rings is 3. The van der Waals surface area contributed by atoms with E-state index in [2.05, 4.69) is 0 Å². The molecule has 6 nitrogen and oxygen atoms in total. The highest BCUT2D eigenvalue weighted by Crippen LogP contribution is 2.30. The van der Waals surface area contributed by atoms with Crippen LogP contribution in [0.25, 0.3) is 10.3 Å². The molecule has 8 heteroatoms. The number of fused-ring (bicyclic) bond motifs is 1. The summed E-state index contributed by atoms with van der Waals surface area (Å²) in [4.78, 5) is 24.3. The van der Waals surface area contributed by atoms with E-state index in [4.69, 9.17) is 4.42 Å². The van der Waals surface area contributed by atoms with Gasteiger partial charge >= 0.3 is 4.94 Å². The molecule has 0 aliphatic carbocycles. The number of rotatable bonds is 4. The fraction of sp³-hybridized carbons (Fsp3) is 0.0476. The van der Waals surface area contributed by atoms with Crippen LogP contribution in [-0.4, -0.2) is 14.3 Å². The second-order valence-electron chi connectivity index (χ2n) is 6.34. The van der Waals surface area contributed by atoms with Crippen molar-refractivity contribution in [1.82, 2.24) is 0 Å². The molecular weight excluding hydrogens is 410 g/mol. The maximum atomic E-state index is 13.4. The SMILES string of the molecule is Cc1ccc(S(=O)(=O)N(C(=O)c2ccccc2)c2ccc3oc(=O)sc3c2)cc1. The summed E-state index contributed by atoms with van der Waals surface area (Å²) >= 11 is 0.845. The summed E-state index contributed by atoms with van der Waals surface area (Å²) in [7, 11) is -4.20. The van der Waals surface area contributed by atoms with Crippen molar-refractivity contribution in [3.05, 3.63) is 93.7 Å². The summed E-state index contributed by atoms with van der Waals surface area (Å²) < 4.78 is 33.1. The van der Waals surface area contributed by atoms with Crippen molar-refractivity contribution < 1.29 is 17.6 Å². The Morgan fingerprint density at radius 2 is 1.66 bits per heavy atom. The highest BCUT2D eigenvalue weighted by molar-refractivity contribution is 7.93. The average molecular weight is 425 g/mol. The lowest BCUT2D eigenvalue weighted by molar-refractivity contribution is 0.101. The largest absolute Gasteiger partial charge is 0.414 e. The molecule has 0 aliphatic heterocycles. The molecule has 0 unspecified atom stereocenters. The Kier molecular flexibility index (Phi) is 4.81. The zero-order valence-electron chi connectivity index (χ0n) is 15.2. The highest BCUT2D eigenvalue weighted by atomic mass is 32.2. The van der Waals surface area contributed by atoms with Crippen molar-refractivity contribution in [3.8, 4) is 0 Å². The molecule has 0 aliphatic rings. The summed E-state index contributed by atoms with van der Waals surface area (Å²) in [6.07, 6.45) is 0. The third-order valence-electron chi connectivity index (χ3n) is 4.31. The van der Waals surface area contributed by atoms with E-state index in [9.17, 15) is 18.0 Å². The first-order valence-corrected chi connectivity index (χ1v) is 10.9. The molecular formula is C21H15NO5S2. The Balaban J connectivity index is 1.91. The van der Waals surface area contributed by atoms with Crippen molar-refractivity contribution in [1.29, 1.82) is 0 Å². The van der Waals surface area contributed by atoms with Gasteiger partial charge in [0.25, 0.3) is 15.9 Å². The van der Waals surface area contributed by atoms with Crippen LogP contribution in [0.2, 0.25) is 0 Å². The lowest BCUT2D eigenvalue weighted by Crippen LogP contribution is -2.37. The van der Waals surface area contributed by atoms with E-state index in [-0.39, 0.29) is 16.1 Å². The van der Waals surface area contributed by atoms with Gasteiger partial charge in [0.15, 0.2) is 0 Å². The molecule has 29 heavy (non-hydrogen) atoms. The fourth-order valence-electron chi connectivity index (χ4n) is 2.87. The van der Waals surface area contributed by atoms with Gasteiger partial charge in [0, 0.05) is 5.56 Å². The Bertz CT molecular complexity index is 1350. The van der Waals surface area contributed by atoms with E-state index < -0.39 is 20.9 Å². The Morgan fingerprint density at radius 1 is 0.966 bits per heavy atom. The summed E-state index contributed by atoms with van der Waals surface area (Å²) in [6.45, 7) is 1.85. The molecule has 1 amide bonds. The monoisotopic (exact) mass is 425 g/mol. The van der Waals surface area contributed by atoms with Crippen LogP contribution in [0.3, 0.4) is 0 Å². The number of aryl methyl sites for hydroxylation is 1. The summed E-state index contributed by atoms with van der Waals surface area (Å²) in [5.74, 6) is -0.693. The molecule has 0 saturated carbocycles. The minimum Gasteiger partial charge on any atom is -0.414 e. The van der Waals surface area contributed by atoms with Gasteiger partial charge in [-0.2, -0.15) is 4.31 Å². The molecule has 0 spiro atoms. The topological polar surface area (TPSA) is 84.7 Å². The number of carbonyl (C=O) groups is 1. The van der Waals surface area contributed by atoms with Crippen LogP contribution in [0.4, 0.5) is 5.69 Å². The first-order chi connectivity index (χ1) is 13.9. The number of carbonyl (C=O) groups excluding carboxylic acids is 1. The first kappa shape index (κ1) is 19.1. The predicted molar refractivity (Wildman–Crippen MR) is 112 cm³/mol.